The number of rotatable bonds is 4. The van der Waals surface area contributed by atoms with E-state index in [2.05, 4.69) is 35.6 Å². The lowest BCUT2D eigenvalue weighted by atomic mass is 10.1. The molecule has 6 heteroatoms. The number of nitrogens with one attached hydrogen (secondary N) is 1. The molecule has 0 aliphatic rings. The summed E-state index contributed by atoms with van der Waals surface area (Å²) in [6.45, 7) is 0. The molecule has 5 aromatic rings. The Morgan fingerprint density at radius 1 is 0.778 bits per heavy atom. The molecule has 3 nitrogen and oxygen atoms in total. The van der Waals surface area contributed by atoms with Crippen molar-refractivity contribution in [1.29, 1.82) is 0 Å². The van der Waals surface area contributed by atoms with E-state index in [0.717, 1.165) is 37.9 Å². The molecule has 0 spiro atoms. The fraction of sp³-hybridized carbons (Fsp3) is 0. The van der Waals surface area contributed by atoms with Crippen LogP contribution in [0.15, 0.2) is 66.7 Å². The van der Waals surface area contributed by atoms with Crippen molar-refractivity contribution in [2.75, 3.05) is 5.32 Å². The topological polar surface area (TPSA) is 37.8 Å². The summed E-state index contributed by atoms with van der Waals surface area (Å²) < 4.78 is 2.36. The van der Waals surface area contributed by atoms with E-state index in [1.165, 1.54) is 14.9 Å². The number of benzene rings is 3. The number of para-hydroxylation sites is 2. The van der Waals surface area contributed by atoms with E-state index < -0.39 is 0 Å². The van der Waals surface area contributed by atoms with Crippen molar-refractivity contribution in [3.05, 3.63) is 66.7 Å². The van der Waals surface area contributed by atoms with Gasteiger partial charge >= 0.3 is 0 Å². The van der Waals surface area contributed by atoms with Crippen molar-refractivity contribution in [2.24, 2.45) is 0 Å². The Balaban J connectivity index is 1.63. The number of aromatic nitrogens is 2. The van der Waals surface area contributed by atoms with Gasteiger partial charge in [0.25, 0.3) is 0 Å². The fourth-order valence-electron chi connectivity index (χ4n) is 3.03. The molecule has 130 valence electrons. The molecule has 0 unspecified atom stereocenters. The Labute approximate surface area is 169 Å². The minimum atomic E-state index is 0.945. The monoisotopic (exact) mass is 403 g/mol. The van der Waals surface area contributed by atoms with Crippen molar-refractivity contribution in [3.63, 3.8) is 0 Å². The summed E-state index contributed by atoms with van der Waals surface area (Å²) >= 11 is 8.43. The van der Waals surface area contributed by atoms with E-state index in [1.54, 1.807) is 22.7 Å². The van der Waals surface area contributed by atoms with Crippen LogP contribution in [0, 0.1) is 0 Å². The van der Waals surface area contributed by atoms with E-state index in [4.69, 9.17) is 22.2 Å². The normalized spacial score (nSPS) is 11.1. The van der Waals surface area contributed by atoms with E-state index in [1.807, 2.05) is 36.4 Å². The predicted molar refractivity (Wildman–Crippen MR) is 121 cm³/mol. The van der Waals surface area contributed by atoms with Crippen LogP contribution in [0.1, 0.15) is 0 Å². The van der Waals surface area contributed by atoms with E-state index in [9.17, 15) is 0 Å². The van der Waals surface area contributed by atoms with Crippen molar-refractivity contribution in [1.82, 2.24) is 9.97 Å². The average molecular weight is 404 g/mol. The molecule has 2 aromatic heterocycles. The first-order valence-corrected chi connectivity index (χ1v) is 10.5. The Morgan fingerprint density at radius 2 is 1.41 bits per heavy atom. The summed E-state index contributed by atoms with van der Waals surface area (Å²) in [6, 6.07) is 22.7. The van der Waals surface area contributed by atoms with Crippen LogP contribution in [0.25, 0.3) is 41.6 Å². The summed E-state index contributed by atoms with van der Waals surface area (Å²) in [6.07, 6.45) is 0. The second-order valence-corrected chi connectivity index (χ2v) is 8.29. The van der Waals surface area contributed by atoms with Crippen molar-refractivity contribution < 1.29 is 0 Å². The van der Waals surface area contributed by atoms with Gasteiger partial charge in [-0.3, -0.25) is 0 Å². The third-order valence-electron chi connectivity index (χ3n) is 4.30. The summed E-state index contributed by atoms with van der Waals surface area (Å²) in [7, 11) is 0. The lowest BCUT2D eigenvalue weighted by Gasteiger charge is -2.08. The van der Waals surface area contributed by atoms with Crippen LogP contribution in [0.5, 0.6) is 0 Å². The van der Waals surface area contributed by atoms with Crippen LogP contribution in [-0.4, -0.2) is 15.5 Å². The molecule has 0 saturated heterocycles. The molecular formula is C21H13N3S3. The molecule has 0 aliphatic heterocycles. The smallest absolute Gasteiger partial charge is 0.126 e. The quantitative estimate of drug-likeness (QED) is 0.343. The van der Waals surface area contributed by atoms with Gasteiger partial charge in [0.2, 0.25) is 0 Å². The molecule has 0 bridgehead atoms. The van der Waals surface area contributed by atoms with E-state index in [-0.39, 0.29) is 0 Å². The zero-order valence-electron chi connectivity index (χ0n) is 14.0. The molecule has 0 radical (unpaired) electrons. The number of hydrogen-bond donors (Lipinski definition) is 1. The Morgan fingerprint density at radius 3 is 2.07 bits per heavy atom. The van der Waals surface area contributed by atoms with Gasteiger partial charge in [0.05, 0.1) is 25.9 Å². The van der Waals surface area contributed by atoms with Gasteiger partial charge in [-0.15, -0.1) is 22.7 Å². The molecule has 1 N–H and O–H groups in total. The molecule has 0 aliphatic carbocycles. The molecule has 3 aromatic carbocycles. The van der Waals surface area contributed by atoms with Gasteiger partial charge in [-0.1, -0.05) is 42.5 Å². The number of thiazole rings is 2. The molecule has 27 heavy (non-hydrogen) atoms. The average Bonchev–Trinajstić information content (AvgIpc) is 3.32. The van der Waals surface area contributed by atoms with Gasteiger partial charge in [-0.05, 0) is 36.4 Å². The molecular weight excluding hydrogens is 390 g/mol. The molecule has 0 saturated carbocycles. The van der Waals surface area contributed by atoms with Crippen LogP contribution in [0.4, 0.5) is 5.69 Å². The summed E-state index contributed by atoms with van der Waals surface area (Å²) in [5.74, 6) is 0. The Hall–Kier alpha value is -2.67. The highest BCUT2D eigenvalue weighted by Gasteiger charge is 2.13. The minimum absolute atomic E-state index is 0.945. The Bertz CT molecular complexity index is 1220. The number of anilines is 1. The van der Waals surface area contributed by atoms with Gasteiger partial charge in [-0.2, -0.15) is 0 Å². The van der Waals surface area contributed by atoms with Gasteiger partial charge < -0.3 is 5.32 Å². The van der Waals surface area contributed by atoms with E-state index in [0.29, 0.717) is 0 Å². The van der Waals surface area contributed by atoms with Crippen LogP contribution < -0.4 is 5.32 Å². The summed E-state index contributed by atoms with van der Waals surface area (Å²) in [5.41, 5.74) is 6.63. The largest absolute Gasteiger partial charge is 0.352 e. The van der Waals surface area contributed by atoms with Gasteiger partial charge in [0.15, 0.2) is 0 Å². The second-order valence-electron chi connectivity index (χ2n) is 6.00. The molecule has 0 atom stereocenters. The SMILES string of the molecule is S=CNc1cc(-c2nc3ccccc3s2)ccc1-c1nc2ccccc2s1. The summed E-state index contributed by atoms with van der Waals surface area (Å²) in [5, 5.41) is 5.17. The van der Waals surface area contributed by atoms with Crippen molar-refractivity contribution in [2.45, 2.75) is 0 Å². The lowest BCUT2D eigenvalue weighted by molar-refractivity contribution is 1.45. The summed E-state index contributed by atoms with van der Waals surface area (Å²) in [4.78, 5) is 9.54. The van der Waals surface area contributed by atoms with Crippen molar-refractivity contribution >= 4 is 66.5 Å². The number of nitrogens with zero attached hydrogens (tertiary/aromatic N) is 2. The standard InChI is InChI=1S/C21H13N3S3/c25-12-22-17-11-13(20-23-15-5-1-3-7-18(15)26-20)9-10-14(17)21-24-16-6-2-4-8-19(16)27-21/h1-12H,(H,22,25). The van der Waals surface area contributed by atoms with Crippen LogP contribution >= 0.6 is 34.9 Å². The first-order valence-electron chi connectivity index (χ1n) is 8.38. The fourth-order valence-corrected chi connectivity index (χ4v) is 5.12. The van der Waals surface area contributed by atoms with Gasteiger partial charge in [-0.25, -0.2) is 9.97 Å². The van der Waals surface area contributed by atoms with Crippen LogP contribution in [0.2, 0.25) is 0 Å². The number of fused-ring (bicyclic) bond motifs is 2. The molecule has 0 amide bonds. The lowest BCUT2D eigenvalue weighted by Crippen LogP contribution is -1.95. The van der Waals surface area contributed by atoms with Crippen molar-refractivity contribution in [3.8, 4) is 21.1 Å². The third kappa shape index (κ3) is 3.02. The predicted octanol–water partition coefficient (Wildman–Crippen LogP) is 6.61. The number of thiocarbonyl (C=S) groups is 1. The minimum Gasteiger partial charge on any atom is -0.352 e. The highest BCUT2D eigenvalue weighted by Crippen LogP contribution is 2.38. The number of hydrogen-bond acceptors (Lipinski definition) is 5. The maximum Gasteiger partial charge on any atom is 0.126 e. The van der Waals surface area contributed by atoms with Gasteiger partial charge in [0, 0.05) is 16.8 Å². The van der Waals surface area contributed by atoms with Crippen LogP contribution in [0.3, 0.4) is 0 Å². The highest BCUT2D eigenvalue weighted by molar-refractivity contribution is 7.79. The highest BCUT2D eigenvalue weighted by atomic mass is 32.1. The van der Waals surface area contributed by atoms with Crippen LogP contribution in [-0.2, 0) is 0 Å². The first kappa shape index (κ1) is 16.5. The maximum atomic E-state index is 5.05. The first-order chi connectivity index (χ1) is 13.3. The van der Waals surface area contributed by atoms with E-state index >= 15 is 0 Å². The second kappa shape index (κ2) is 6.81. The zero-order chi connectivity index (χ0) is 18.2. The Kier molecular flexibility index (Phi) is 4.16. The molecule has 0 fully saturated rings. The molecule has 2 heterocycles. The third-order valence-corrected chi connectivity index (χ3v) is 6.57. The van der Waals surface area contributed by atoms with Gasteiger partial charge in [0.1, 0.15) is 10.0 Å². The zero-order valence-corrected chi connectivity index (χ0v) is 16.5. The molecule has 5 rings (SSSR count). The maximum absolute atomic E-state index is 5.05.